The number of anilines is 2. The average molecular weight is 532 g/mol. The number of hydrogen-bond donors (Lipinski definition) is 1. The zero-order chi connectivity index (χ0) is 26.3. The van der Waals surface area contributed by atoms with Gasteiger partial charge in [-0.15, -0.1) is 0 Å². The number of fused-ring (bicyclic) bond motifs is 1. The fourth-order valence-electron chi connectivity index (χ4n) is 3.89. The van der Waals surface area contributed by atoms with E-state index in [9.17, 15) is 13.2 Å². The van der Waals surface area contributed by atoms with E-state index in [1.54, 1.807) is 35.0 Å². The highest BCUT2D eigenvalue weighted by Crippen LogP contribution is 2.29. The first-order valence-electron chi connectivity index (χ1n) is 11.5. The van der Waals surface area contributed by atoms with Gasteiger partial charge in [-0.25, -0.2) is 13.4 Å². The highest BCUT2D eigenvalue weighted by Gasteiger charge is 2.22. The Balaban J connectivity index is 1.39. The van der Waals surface area contributed by atoms with Crippen LogP contribution in [0.4, 0.5) is 11.5 Å². The number of nitrogens with one attached hydrogen (secondary N) is 1. The molecule has 0 atom stereocenters. The maximum Gasteiger partial charge on any atom is 0.264 e. The second kappa shape index (κ2) is 9.45. The zero-order valence-electron chi connectivity index (χ0n) is 20.8. The van der Waals surface area contributed by atoms with Gasteiger partial charge in [-0.1, -0.05) is 29.5 Å². The summed E-state index contributed by atoms with van der Waals surface area (Å²) in [6.07, 6.45) is 0. The number of hydrogen-bond acceptors (Lipinski definition) is 6. The number of benzene rings is 3. The van der Waals surface area contributed by atoms with Crippen molar-refractivity contribution in [2.75, 3.05) is 16.7 Å². The van der Waals surface area contributed by atoms with Crippen molar-refractivity contribution in [1.29, 1.82) is 0 Å². The average Bonchev–Trinajstić information content (AvgIpc) is 3.46. The number of aryl methyl sites for hydroxylation is 3. The fraction of sp³-hybridized carbons (Fsp3) is 0.148. The number of sulfonamides is 1. The van der Waals surface area contributed by atoms with Crippen LogP contribution in [0.5, 0.6) is 0 Å². The van der Waals surface area contributed by atoms with Crippen molar-refractivity contribution in [3.63, 3.8) is 0 Å². The quantitative estimate of drug-likeness (QED) is 0.313. The molecular formula is C27H25N5O3S2. The van der Waals surface area contributed by atoms with Crippen LogP contribution in [0, 0.1) is 20.8 Å². The normalized spacial score (nSPS) is 11.6. The first-order chi connectivity index (χ1) is 17.6. The lowest BCUT2D eigenvalue weighted by Crippen LogP contribution is -2.26. The zero-order valence-corrected chi connectivity index (χ0v) is 22.4. The molecule has 1 N–H and O–H groups in total. The smallest absolute Gasteiger partial charge is 0.264 e. The van der Waals surface area contributed by atoms with E-state index in [4.69, 9.17) is 4.98 Å². The molecule has 0 saturated heterocycles. The Morgan fingerprint density at radius 1 is 0.946 bits per heavy atom. The number of carbonyl (C=O) groups is 1. The second-order valence-corrected chi connectivity index (χ2v) is 11.7. The molecule has 2 heterocycles. The largest absolute Gasteiger partial charge is 0.306 e. The molecule has 2 aromatic heterocycles. The lowest BCUT2D eigenvalue weighted by Gasteiger charge is -2.19. The Morgan fingerprint density at radius 2 is 1.62 bits per heavy atom. The molecule has 0 aliphatic heterocycles. The molecule has 37 heavy (non-hydrogen) atoms. The molecule has 0 bridgehead atoms. The Hall–Kier alpha value is -4.02. The highest BCUT2D eigenvalue weighted by atomic mass is 32.2. The Bertz CT molecular complexity index is 1680. The summed E-state index contributed by atoms with van der Waals surface area (Å²) in [4.78, 5) is 17.9. The molecule has 5 rings (SSSR count). The summed E-state index contributed by atoms with van der Waals surface area (Å²) in [6.45, 7) is 5.96. The molecule has 188 valence electrons. The van der Waals surface area contributed by atoms with Crippen LogP contribution in [0.15, 0.2) is 77.7 Å². The van der Waals surface area contributed by atoms with Crippen LogP contribution in [0.1, 0.15) is 27.2 Å². The van der Waals surface area contributed by atoms with E-state index >= 15 is 0 Å². The van der Waals surface area contributed by atoms with Gasteiger partial charge in [0.05, 0.1) is 26.5 Å². The van der Waals surface area contributed by atoms with Crippen molar-refractivity contribution >= 4 is 49.0 Å². The second-order valence-electron chi connectivity index (χ2n) is 8.77. The van der Waals surface area contributed by atoms with Crippen molar-refractivity contribution in [2.45, 2.75) is 25.7 Å². The van der Waals surface area contributed by atoms with Gasteiger partial charge in [0, 0.05) is 18.7 Å². The number of rotatable bonds is 6. The van der Waals surface area contributed by atoms with Crippen molar-refractivity contribution in [3.8, 4) is 5.13 Å². The molecule has 8 nitrogen and oxygen atoms in total. The van der Waals surface area contributed by atoms with E-state index in [1.165, 1.54) is 52.5 Å². The number of nitrogens with zero attached hydrogens (tertiary/aromatic N) is 4. The van der Waals surface area contributed by atoms with Crippen LogP contribution in [0.2, 0.25) is 0 Å². The first kappa shape index (κ1) is 24.7. The molecule has 0 aliphatic carbocycles. The maximum atomic E-state index is 13.1. The van der Waals surface area contributed by atoms with Gasteiger partial charge >= 0.3 is 0 Å². The first-order valence-corrected chi connectivity index (χ1v) is 13.8. The predicted octanol–water partition coefficient (Wildman–Crippen LogP) is 5.48. The van der Waals surface area contributed by atoms with Gasteiger partial charge in [0.2, 0.25) is 5.13 Å². The predicted molar refractivity (Wildman–Crippen MR) is 147 cm³/mol. The van der Waals surface area contributed by atoms with Crippen molar-refractivity contribution in [3.05, 3.63) is 95.2 Å². The summed E-state index contributed by atoms with van der Waals surface area (Å²) < 4.78 is 29.9. The summed E-state index contributed by atoms with van der Waals surface area (Å²) in [7, 11) is -2.27. The van der Waals surface area contributed by atoms with Crippen LogP contribution < -0.4 is 9.62 Å². The van der Waals surface area contributed by atoms with E-state index in [-0.39, 0.29) is 10.8 Å². The van der Waals surface area contributed by atoms with Crippen LogP contribution in [-0.4, -0.2) is 36.1 Å². The molecule has 3 aromatic carbocycles. The molecular weight excluding hydrogens is 506 g/mol. The third-order valence-corrected chi connectivity index (χ3v) is 8.94. The number of thiazole rings is 1. The molecule has 0 unspecified atom stereocenters. The summed E-state index contributed by atoms with van der Waals surface area (Å²) in [5.74, 6) is 0.102. The molecule has 0 saturated carbocycles. The van der Waals surface area contributed by atoms with Gasteiger partial charge in [-0.2, -0.15) is 9.78 Å². The Kier molecular flexibility index (Phi) is 6.30. The highest BCUT2D eigenvalue weighted by molar-refractivity contribution is 7.92. The molecule has 1 amide bonds. The maximum absolute atomic E-state index is 13.1. The van der Waals surface area contributed by atoms with Crippen LogP contribution >= 0.6 is 11.3 Å². The van der Waals surface area contributed by atoms with Gasteiger partial charge in [-0.05, 0) is 80.4 Å². The monoisotopic (exact) mass is 531 g/mol. The van der Waals surface area contributed by atoms with Gasteiger partial charge in [0.1, 0.15) is 5.82 Å². The van der Waals surface area contributed by atoms with E-state index in [1.807, 2.05) is 26.0 Å². The van der Waals surface area contributed by atoms with Crippen LogP contribution in [-0.2, 0) is 10.0 Å². The van der Waals surface area contributed by atoms with Gasteiger partial charge < -0.3 is 5.32 Å². The molecule has 10 heteroatoms. The van der Waals surface area contributed by atoms with E-state index in [2.05, 4.69) is 23.4 Å². The summed E-state index contributed by atoms with van der Waals surface area (Å²) in [5.41, 5.74) is 4.83. The minimum absolute atomic E-state index is 0.0938. The minimum Gasteiger partial charge on any atom is -0.306 e. The number of amides is 1. The van der Waals surface area contributed by atoms with Crippen molar-refractivity contribution in [2.24, 2.45) is 0 Å². The van der Waals surface area contributed by atoms with Crippen molar-refractivity contribution < 1.29 is 13.2 Å². The lowest BCUT2D eigenvalue weighted by atomic mass is 10.1. The molecule has 0 spiro atoms. The lowest BCUT2D eigenvalue weighted by molar-refractivity contribution is 0.102. The van der Waals surface area contributed by atoms with Crippen LogP contribution in [0.3, 0.4) is 0 Å². The minimum atomic E-state index is -3.77. The summed E-state index contributed by atoms with van der Waals surface area (Å²) in [6, 6.07) is 20.6. The third kappa shape index (κ3) is 4.73. The SMILES string of the molecule is Cc1cc(NC(=O)c2ccc(S(=O)(=O)N(C)c3ccccc3)cc2)n(-c2nc3cc(C)c(C)cc3s2)n1. The number of aromatic nitrogens is 3. The molecule has 5 aromatic rings. The van der Waals surface area contributed by atoms with E-state index in [0.29, 0.717) is 22.2 Å². The van der Waals surface area contributed by atoms with E-state index < -0.39 is 10.0 Å². The van der Waals surface area contributed by atoms with E-state index in [0.717, 1.165) is 21.5 Å². The Morgan fingerprint density at radius 3 is 2.32 bits per heavy atom. The Labute approximate surface area is 219 Å². The number of carbonyl (C=O) groups excluding carboxylic acids is 1. The molecule has 0 radical (unpaired) electrons. The fourth-order valence-corrected chi connectivity index (χ4v) is 6.10. The summed E-state index contributed by atoms with van der Waals surface area (Å²) >= 11 is 1.50. The standard InChI is InChI=1S/C27H25N5O3S2/c1-17-14-23-24(15-18(17)2)36-27(28-23)32-25(16-19(3)30-32)29-26(33)20-10-12-22(13-11-20)37(34,35)31(4)21-8-6-5-7-9-21/h5-16H,1-4H3,(H,29,33). The van der Waals surface area contributed by atoms with Gasteiger partial charge in [0.15, 0.2) is 0 Å². The van der Waals surface area contributed by atoms with Gasteiger partial charge in [0.25, 0.3) is 15.9 Å². The third-order valence-electron chi connectivity index (χ3n) is 6.14. The van der Waals surface area contributed by atoms with Crippen LogP contribution in [0.25, 0.3) is 15.3 Å². The molecule has 0 fully saturated rings. The number of para-hydroxylation sites is 1. The van der Waals surface area contributed by atoms with Gasteiger partial charge in [-0.3, -0.25) is 9.10 Å². The van der Waals surface area contributed by atoms with Crippen molar-refractivity contribution in [1.82, 2.24) is 14.8 Å². The summed E-state index contributed by atoms with van der Waals surface area (Å²) in [5, 5.41) is 8.06. The topological polar surface area (TPSA) is 97.2 Å². The molecule has 0 aliphatic rings.